The fourth-order valence-electron chi connectivity index (χ4n) is 2.89. The third-order valence-electron chi connectivity index (χ3n) is 4.28. The van der Waals surface area contributed by atoms with E-state index in [-0.39, 0.29) is 6.04 Å². The first-order valence-electron chi connectivity index (χ1n) is 8.10. The van der Waals surface area contributed by atoms with Crippen LogP contribution in [0.3, 0.4) is 0 Å². The summed E-state index contributed by atoms with van der Waals surface area (Å²) >= 11 is 0. The van der Waals surface area contributed by atoms with Crippen LogP contribution in [0.5, 0.6) is 0 Å². The quantitative estimate of drug-likeness (QED) is 0.634. The number of rotatable bonds is 9. The standard InChI is InChI=1S/C14H29N3O2S/c1-2-15-12-14-7-3-4-11-17(14)20(18,19)16-10-5-6-13-8-9-13/h13-16H,2-12H2,1H3. The van der Waals surface area contributed by atoms with Crippen LogP contribution in [0, 0.1) is 5.92 Å². The van der Waals surface area contributed by atoms with Crippen molar-refractivity contribution < 1.29 is 8.42 Å². The fraction of sp³-hybridized carbons (Fsp3) is 1.00. The topological polar surface area (TPSA) is 61.4 Å². The molecule has 0 aromatic heterocycles. The van der Waals surface area contributed by atoms with Crippen molar-refractivity contribution in [1.82, 2.24) is 14.3 Å². The number of piperidine rings is 1. The van der Waals surface area contributed by atoms with Crippen LogP contribution in [0.25, 0.3) is 0 Å². The lowest BCUT2D eigenvalue weighted by molar-refractivity contribution is 0.244. The Morgan fingerprint density at radius 3 is 2.70 bits per heavy atom. The van der Waals surface area contributed by atoms with Gasteiger partial charge in [0, 0.05) is 25.7 Å². The van der Waals surface area contributed by atoms with E-state index in [9.17, 15) is 8.42 Å². The molecule has 0 amide bonds. The molecule has 2 rings (SSSR count). The van der Waals surface area contributed by atoms with Gasteiger partial charge in [-0.15, -0.1) is 0 Å². The van der Waals surface area contributed by atoms with Crippen LogP contribution in [0.2, 0.25) is 0 Å². The molecule has 1 atom stereocenters. The molecule has 1 aliphatic carbocycles. The molecule has 1 unspecified atom stereocenters. The second-order valence-electron chi connectivity index (χ2n) is 6.05. The zero-order valence-electron chi connectivity index (χ0n) is 12.6. The summed E-state index contributed by atoms with van der Waals surface area (Å²) < 4.78 is 29.3. The first-order chi connectivity index (χ1) is 9.63. The molecular formula is C14H29N3O2S. The average molecular weight is 303 g/mol. The predicted molar refractivity (Wildman–Crippen MR) is 81.8 cm³/mol. The molecule has 20 heavy (non-hydrogen) atoms. The summed E-state index contributed by atoms with van der Waals surface area (Å²) in [7, 11) is -3.30. The van der Waals surface area contributed by atoms with E-state index in [4.69, 9.17) is 0 Å². The molecule has 1 saturated heterocycles. The smallest absolute Gasteiger partial charge is 0.279 e. The van der Waals surface area contributed by atoms with Crippen LogP contribution in [-0.2, 0) is 10.2 Å². The minimum Gasteiger partial charge on any atom is -0.315 e. The van der Waals surface area contributed by atoms with Gasteiger partial charge in [0.25, 0.3) is 10.2 Å². The van der Waals surface area contributed by atoms with Gasteiger partial charge >= 0.3 is 0 Å². The molecule has 5 nitrogen and oxygen atoms in total. The van der Waals surface area contributed by atoms with Crippen molar-refractivity contribution in [3.05, 3.63) is 0 Å². The highest BCUT2D eigenvalue weighted by Gasteiger charge is 2.31. The molecular weight excluding hydrogens is 274 g/mol. The Bertz CT molecular complexity index is 382. The van der Waals surface area contributed by atoms with Crippen LogP contribution < -0.4 is 10.0 Å². The molecule has 2 N–H and O–H groups in total. The van der Waals surface area contributed by atoms with Gasteiger partial charge in [-0.3, -0.25) is 0 Å². The van der Waals surface area contributed by atoms with Crippen LogP contribution in [0.15, 0.2) is 0 Å². The van der Waals surface area contributed by atoms with Gasteiger partial charge in [0.2, 0.25) is 0 Å². The molecule has 2 aliphatic rings. The minimum absolute atomic E-state index is 0.115. The van der Waals surface area contributed by atoms with Crippen molar-refractivity contribution in [2.24, 2.45) is 5.92 Å². The highest BCUT2D eigenvalue weighted by molar-refractivity contribution is 7.87. The highest BCUT2D eigenvalue weighted by atomic mass is 32.2. The third-order valence-corrected chi connectivity index (χ3v) is 5.95. The Morgan fingerprint density at radius 2 is 2.00 bits per heavy atom. The number of nitrogens with zero attached hydrogens (tertiary/aromatic N) is 1. The van der Waals surface area contributed by atoms with Crippen molar-refractivity contribution >= 4 is 10.2 Å². The number of likely N-dealkylation sites (N-methyl/N-ethyl adjacent to an activating group) is 1. The van der Waals surface area contributed by atoms with Crippen LogP contribution in [-0.4, -0.2) is 44.9 Å². The molecule has 1 heterocycles. The van der Waals surface area contributed by atoms with Crippen molar-refractivity contribution in [3.8, 4) is 0 Å². The molecule has 1 aliphatic heterocycles. The molecule has 0 aromatic rings. The summed E-state index contributed by atoms with van der Waals surface area (Å²) in [5, 5.41) is 3.28. The van der Waals surface area contributed by atoms with Crippen molar-refractivity contribution in [2.75, 3.05) is 26.2 Å². The molecule has 0 spiro atoms. The Kier molecular flexibility index (Phi) is 6.26. The zero-order chi connectivity index (χ0) is 14.4. The molecule has 2 fully saturated rings. The summed E-state index contributed by atoms with van der Waals surface area (Å²) in [5.74, 6) is 0.871. The summed E-state index contributed by atoms with van der Waals surface area (Å²) in [4.78, 5) is 0. The van der Waals surface area contributed by atoms with Crippen molar-refractivity contribution in [1.29, 1.82) is 0 Å². The van der Waals surface area contributed by atoms with Crippen LogP contribution >= 0.6 is 0 Å². The maximum Gasteiger partial charge on any atom is 0.279 e. The lowest BCUT2D eigenvalue weighted by atomic mass is 10.1. The molecule has 0 bridgehead atoms. The van der Waals surface area contributed by atoms with Gasteiger partial charge < -0.3 is 5.32 Å². The van der Waals surface area contributed by atoms with E-state index in [0.717, 1.165) is 44.7 Å². The maximum atomic E-state index is 12.4. The first-order valence-corrected chi connectivity index (χ1v) is 9.54. The third kappa shape index (κ3) is 4.98. The normalized spacial score (nSPS) is 24.9. The van der Waals surface area contributed by atoms with Gasteiger partial charge in [-0.2, -0.15) is 12.7 Å². The maximum absolute atomic E-state index is 12.4. The summed E-state index contributed by atoms with van der Waals surface area (Å²) in [5.41, 5.74) is 0. The lowest BCUT2D eigenvalue weighted by Gasteiger charge is -2.34. The number of hydrogen-bond donors (Lipinski definition) is 2. The Hall–Kier alpha value is -0.170. The number of nitrogens with one attached hydrogen (secondary N) is 2. The van der Waals surface area contributed by atoms with Gasteiger partial charge in [-0.25, -0.2) is 4.72 Å². The van der Waals surface area contributed by atoms with E-state index in [1.807, 2.05) is 0 Å². The average Bonchev–Trinajstić information content (AvgIpc) is 3.26. The van der Waals surface area contributed by atoms with Crippen LogP contribution in [0.4, 0.5) is 0 Å². The van der Waals surface area contributed by atoms with Crippen LogP contribution in [0.1, 0.15) is 51.9 Å². The van der Waals surface area contributed by atoms with Crippen molar-refractivity contribution in [2.45, 2.75) is 57.9 Å². The SMILES string of the molecule is CCNCC1CCCCN1S(=O)(=O)NCCCC1CC1. The second-order valence-corrected chi connectivity index (χ2v) is 7.76. The second kappa shape index (κ2) is 7.73. The minimum atomic E-state index is -3.30. The monoisotopic (exact) mass is 303 g/mol. The van der Waals surface area contributed by atoms with E-state index >= 15 is 0 Å². The van der Waals surface area contributed by atoms with Crippen molar-refractivity contribution in [3.63, 3.8) is 0 Å². The molecule has 0 radical (unpaired) electrons. The molecule has 118 valence electrons. The van der Waals surface area contributed by atoms with Gasteiger partial charge in [-0.05, 0) is 38.1 Å². The zero-order valence-corrected chi connectivity index (χ0v) is 13.4. The lowest BCUT2D eigenvalue weighted by Crippen LogP contribution is -2.52. The summed E-state index contributed by atoms with van der Waals surface area (Å²) in [6, 6.07) is 0.115. The van der Waals surface area contributed by atoms with E-state index < -0.39 is 10.2 Å². The summed E-state index contributed by atoms with van der Waals surface area (Å²) in [6.45, 7) is 4.95. The van der Waals surface area contributed by atoms with Gasteiger partial charge in [0.1, 0.15) is 0 Å². The van der Waals surface area contributed by atoms with E-state index in [0.29, 0.717) is 13.1 Å². The highest BCUT2D eigenvalue weighted by Crippen LogP contribution is 2.33. The van der Waals surface area contributed by atoms with Gasteiger partial charge in [-0.1, -0.05) is 26.2 Å². The first kappa shape index (κ1) is 16.2. The Morgan fingerprint density at radius 1 is 1.20 bits per heavy atom. The predicted octanol–water partition coefficient (Wildman–Crippen LogP) is 1.47. The van der Waals surface area contributed by atoms with E-state index in [1.54, 1.807) is 4.31 Å². The Balaban J connectivity index is 1.80. The van der Waals surface area contributed by atoms with E-state index in [1.165, 1.54) is 19.3 Å². The largest absolute Gasteiger partial charge is 0.315 e. The Labute approximate surface area is 123 Å². The van der Waals surface area contributed by atoms with Gasteiger partial charge in [0.15, 0.2) is 0 Å². The summed E-state index contributed by atoms with van der Waals surface area (Å²) in [6.07, 6.45) is 7.89. The molecule has 1 saturated carbocycles. The van der Waals surface area contributed by atoms with E-state index in [2.05, 4.69) is 17.0 Å². The van der Waals surface area contributed by atoms with Gasteiger partial charge in [0.05, 0.1) is 0 Å². The molecule has 0 aromatic carbocycles. The molecule has 6 heteroatoms. The number of hydrogen-bond acceptors (Lipinski definition) is 3. The fourth-order valence-corrected chi connectivity index (χ4v) is 4.40.